The minimum Gasteiger partial charge on any atom is -0.508 e. The van der Waals surface area contributed by atoms with E-state index in [1.807, 2.05) is 0 Å². The number of Topliss-reactive ketones (excluding diaryl/α,β-unsaturated/α-hetero) is 1. The van der Waals surface area contributed by atoms with Crippen molar-refractivity contribution in [1.29, 1.82) is 0 Å². The van der Waals surface area contributed by atoms with Crippen molar-refractivity contribution < 1.29 is 59.2 Å². The van der Waals surface area contributed by atoms with Gasteiger partial charge in [0.2, 0.25) is 0 Å². The third-order valence-electron chi connectivity index (χ3n) is 7.20. The zero-order valence-electron chi connectivity index (χ0n) is 21.2. The Hall–Kier alpha value is -3.56. The van der Waals surface area contributed by atoms with E-state index in [0.717, 1.165) is 12.1 Å². The van der Waals surface area contributed by atoms with Gasteiger partial charge in [-0.25, -0.2) is 0 Å². The molecule has 2 aromatic carbocycles. The Morgan fingerprint density at radius 1 is 0.850 bits per heavy atom. The third-order valence-corrected chi connectivity index (χ3v) is 7.20. The number of carbonyl (C=O) groups excluding carboxylic acids is 1. The summed E-state index contributed by atoms with van der Waals surface area (Å²) in [5.41, 5.74) is -0.853. The number of hydrogen-bond donors (Lipinski definition) is 7. The highest BCUT2D eigenvalue weighted by atomic mass is 16.7. The van der Waals surface area contributed by atoms with Gasteiger partial charge in [0, 0.05) is 17.7 Å². The molecule has 5 rings (SSSR count). The number of phenols is 3. The summed E-state index contributed by atoms with van der Waals surface area (Å²) in [6, 6.07) is 7.94. The summed E-state index contributed by atoms with van der Waals surface area (Å²) in [6.07, 6.45) is -14.0. The lowest BCUT2D eigenvalue weighted by molar-refractivity contribution is -0.323. The molecule has 40 heavy (non-hydrogen) atoms. The van der Waals surface area contributed by atoms with E-state index in [1.54, 1.807) is 0 Å². The fraction of sp³-hybridized carbons (Fsp3) is 0.407. The molecular formula is C27H28O13. The number of fused-ring (bicyclic) bond motifs is 1. The summed E-state index contributed by atoms with van der Waals surface area (Å²) in [7, 11) is 0. The number of ketones is 1. The average Bonchev–Trinajstić information content (AvgIpc) is 2.91. The molecule has 2 fully saturated rings. The van der Waals surface area contributed by atoms with Crippen LogP contribution in [0.1, 0.15) is 25.5 Å². The van der Waals surface area contributed by atoms with Gasteiger partial charge >= 0.3 is 0 Å². The van der Waals surface area contributed by atoms with E-state index in [-0.39, 0.29) is 22.5 Å². The van der Waals surface area contributed by atoms with Crippen LogP contribution >= 0.6 is 0 Å². The number of ether oxygens (including phenoxy) is 3. The predicted octanol–water partition coefficient (Wildman–Crippen LogP) is 0.179. The van der Waals surface area contributed by atoms with Gasteiger partial charge in [0.1, 0.15) is 76.7 Å². The molecule has 7 N–H and O–H groups in total. The van der Waals surface area contributed by atoms with Crippen molar-refractivity contribution in [3.05, 3.63) is 52.2 Å². The molecule has 13 heteroatoms. The van der Waals surface area contributed by atoms with Crippen LogP contribution in [-0.2, 0) is 19.0 Å². The maximum absolute atomic E-state index is 13.1. The van der Waals surface area contributed by atoms with Gasteiger partial charge in [0.15, 0.2) is 17.5 Å². The Morgan fingerprint density at radius 3 is 2.20 bits per heavy atom. The quantitative estimate of drug-likeness (QED) is 0.227. The number of aliphatic hydroxyl groups excluding tert-OH is 4. The Morgan fingerprint density at radius 2 is 1.52 bits per heavy atom. The molecule has 0 bridgehead atoms. The Kier molecular flexibility index (Phi) is 7.31. The Balaban J connectivity index is 1.58. The molecule has 0 radical (unpaired) electrons. The van der Waals surface area contributed by atoms with Crippen molar-refractivity contribution in [2.45, 2.75) is 69.0 Å². The van der Waals surface area contributed by atoms with Gasteiger partial charge in [-0.05, 0) is 38.1 Å². The second-order valence-electron chi connectivity index (χ2n) is 9.88. The van der Waals surface area contributed by atoms with Crippen LogP contribution in [0.15, 0.2) is 45.6 Å². The summed E-state index contributed by atoms with van der Waals surface area (Å²) < 4.78 is 22.6. The fourth-order valence-electron chi connectivity index (χ4n) is 4.94. The van der Waals surface area contributed by atoms with Gasteiger partial charge < -0.3 is 54.4 Å². The van der Waals surface area contributed by atoms with Crippen LogP contribution in [0.4, 0.5) is 0 Å². The molecule has 0 amide bonds. The lowest BCUT2D eigenvalue weighted by Gasteiger charge is -2.44. The minimum atomic E-state index is -1.90. The molecule has 2 saturated heterocycles. The molecule has 0 unspecified atom stereocenters. The fourth-order valence-corrected chi connectivity index (χ4v) is 4.94. The molecule has 2 aliphatic heterocycles. The predicted molar refractivity (Wildman–Crippen MR) is 134 cm³/mol. The highest BCUT2D eigenvalue weighted by molar-refractivity contribution is 5.90. The highest BCUT2D eigenvalue weighted by Gasteiger charge is 2.50. The molecule has 0 saturated carbocycles. The van der Waals surface area contributed by atoms with Gasteiger partial charge in [0.05, 0.1) is 11.7 Å². The zero-order valence-corrected chi connectivity index (χ0v) is 21.2. The standard InChI is InChI=1S/C27H28O13/c1-9-20(32)23(35)26(40-27-24(36)22(34)19(31)10(2)38-27)25(37-9)18-14(30)8-16-17(21(18)33)13(29)7-15(39-16)11-3-5-12(28)6-4-11/h3-10,19,22-28,30-31,33-36H,1-2H3/t9-,10-,19-,22-,23-,24-,25+,26-,27-/m0/s1. The average molecular weight is 561 g/mol. The summed E-state index contributed by atoms with van der Waals surface area (Å²) in [5.74, 6) is -2.11. The molecule has 0 aliphatic carbocycles. The third kappa shape index (κ3) is 4.71. The Bertz CT molecular complexity index is 1480. The first-order valence-electron chi connectivity index (χ1n) is 12.4. The van der Waals surface area contributed by atoms with Crippen molar-refractivity contribution in [2.24, 2.45) is 0 Å². The first-order chi connectivity index (χ1) is 18.9. The second-order valence-corrected chi connectivity index (χ2v) is 9.88. The van der Waals surface area contributed by atoms with Gasteiger partial charge in [-0.15, -0.1) is 0 Å². The molecule has 13 nitrogen and oxygen atoms in total. The second kappa shape index (κ2) is 10.4. The number of phenolic OH excluding ortho intramolecular Hbond substituents is 3. The van der Waals surface area contributed by atoms with Gasteiger partial charge in [-0.3, -0.25) is 9.59 Å². The molecule has 3 heterocycles. The smallest absolute Gasteiger partial charge is 0.197 e. The number of rotatable bonds is 4. The summed E-state index contributed by atoms with van der Waals surface area (Å²) in [6.45, 7) is 2.73. The van der Waals surface area contributed by atoms with Crippen molar-refractivity contribution in [3.63, 3.8) is 0 Å². The lowest BCUT2D eigenvalue weighted by Crippen LogP contribution is -2.60. The van der Waals surface area contributed by atoms with Crippen LogP contribution in [-0.4, -0.2) is 90.5 Å². The summed E-state index contributed by atoms with van der Waals surface area (Å²) in [4.78, 5) is 25.7. The van der Waals surface area contributed by atoms with Crippen LogP contribution in [0, 0.1) is 0 Å². The summed E-state index contributed by atoms with van der Waals surface area (Å²) >= 11 is 0. The van der Waals surface area contributed by atoms with Crippen LogP contribution in [0.3, 0.4) is 0 Å². The van der Waals surface area contributed by atoms with Crippen LogP contribution < -0.4 is 5.43 Å². The van der Waals surface area contributed by atoms with Crippen LogP contribution in [0.25, 0.3) is 22.3 Å². The van der Waals surface area contributed by atoms with E-state index in [9.17, 15) is 45.3 Å². The van der Waals surface area contributed by atoms with Crippen LogP contribution in [0.2, 0.25) is 0 Å². The van der Waals surface area contributed by atoms with E-state index in [2.05, 4.69) is 0 Å². The number of aromatic hydroxyl groups is 3. The van der Waals surface area contributed by atoms with Gasteiger partial charge in [-0.2, -0.15) is 0 Å². The Labute approximate surface area is 226 Å². The number of aliphatic hydroxyl groups is 4. The molecule has 3 aromatic rings. The van der Waals surface area contributed by atoms with Gasteiger partial charge in [-0.1, -0.05) is 0 Å². The summed E-state index contributed by atoms with van der Waals surface area (Å²) in [5, 5.41) is 72.7. The monoisotopic (exact) mass is 560 g/mol. The maximum atomic E-state index is 13.1. The van der Waals surface area contributed by atoms with Crippen LogP contribution in [0.5, 0.6) is 17.2 Å². The highest BCUT2D eigenvalue weighted by Crippen LogP contribution is 2.45. The van der Waals surface area contributed by atoms with Crippen molar-refractivity contribution in [1.82, 2.24) is 0 Å². The molecule has 9 atom stereocenters. The minimum absolute atomic E-state index is 0.00254. The van der Waals surface area contributed by atoms with E-state index in [1.165, 1.54) is 38.1 Å². The van der Waals surface area contributed by atoms with Gasteiger partial charge in [0.25, 0.3) is 0 Å². The topological polar surface area (TPSA) is 217 Å². The molecular weight excluding hydrogens is 532 g/mol. The molecule has 0 spiro atoms. The van der Waals surface area contributed by atoms with Crippen molar-refractivity contribution in [2.75, 3.05) is 0 Å². The molecule has 1 aromatic heterocycles. The normalized spacial score (nSPS) is 32.9. The van der Waals surface area contributed by atoms with E-state index < -0.39 is 83.4 Å². The van der Waals surface area contributed by atoms with E-state index >= 15 is 0 Å². The lowest BCUT2D eigenvalue weighted by atomic mass is 9.90. The zero-order chi connectivity index (χ0) is 29.0. The number of hydrogen-bond acceptors (Lipinski definition) is 13. The maximum Gasteiger partial charge on any atom is 0.197 e. The molecule has 2 aliphatic rings. The molecule has 214 valence electrons. The van der Waals surface area contributed by atoms with Crippen molar-refractivity contribution in [3.8, 4) is 28.6 Å². The number of carbonyl (C=O) groups is 1. The van der Waals surface area contributed by atoms with E-state index in [4.69, 9.17) is 18.6 Å². The number of benzene rings is 2. The largest absolute Gasteiger partial charge is 0.508 e. The first kappa shape index (κ1) is 28.0. The van der Waals surface area contributed by atoms with E-state index in [0.29, 0.717) is 5.56 Å². The first-order valence-corrected chi connectivity index (χ1v) is 12.4. The SMILES string of the molecule is C[C@@H]1O[C@H](c2c(O)cc3oc(-c4ccc(O)cc4)cc(=O)c3c2O)[C@@H](O[C@@H]2O[C@@H](C)[C@H](O)[C@H](O)[C@@H]2O)[C@@H](O)C1=O. The van der Waals surface area contributed by atoms with Crippen molar-refractivity contribution >= 4 is 16.8 Å².